The van der Waals surface area contributed by atoms with E-state index >= 15 is 0 Å². The van der Waals surface area contributed by atoms with E-state index in [9.17, 15) is 9.59 Å². The molecule has 1 heterocycles. The fourth-order valence-electron chi connectivity index (χ4n) is 2.04. The summed E-state index contributed by atoms with van der Waals surface area (Å²) in [5.41, 5.74) is 1.33. The van der Waals surface area contributed by atoms with Gasteiger partial charge in [0.15, 0.2) is 0 Å². The lowest BCUT2D eigenvalue weighted by Crippen LogP contribution is -2.31. The Morgan fingerprint density at radius 2 is 2.05 bits per heavy atom. The van der Waals surface area contributed by atoms with Crippen molar-refractivity contribution >= 4 is 22.8 Å². The lowest BCUT2D eigenvalue weighted by atomic mass is 10.2. The quantitative estimate of drug-likeness (QED) is 0.849. The van der Waals surface area contributed by atoms with Gasteiger partial charge >= 0.3 is 5.97 Å². The van der Waals surface area contributed by atoms with E-state index in [2.05, 4.69) is 10.1 Å². The smallest absolute Gasteiger partial charge is 0.325 e. The van der Waals surface area contributed by atoms with Crippen LogP contribution in [0.1, 0.15) is 10.5 Å². The lowest BCUT2D eigenvalue weighted by Gasteiger charge is -2.05. The molecule has 2 rings (SSSR count). The number of nitrogens with zero attached hydrogens (tertiary/aromatic N) is 1. The molecular formula is C14H16N2O4. The van der Waals surface area contributed by atoms with E-state index in [4.69, 9.17) is 4.74 Å². The number of carbonyl (C=O) groups excluding carboxylic acids is 2. The second kappa shape index (κ2) is 5.64. The number of hydrogen-bond acceptors (Lipinski definition) is 4. The summed E-state index contributed by atoms with van der Waals surface area (Å²) in [7, 11) is 4.64. The number of ether oxygens (including phenoxy) is 2. The van der Waals surface area contributed by atoms with Gasteiger partial charge < -0.3 is 19.4 Å². The second-order valence-corrected chi connectivity index (χ2v) is 4.24. The molecule has 1 aromatic carbocycles. The van der Waals surface area contributed by atoms with Gasteiger partial charge in [-0.05, 0) is 18.2 Å². The van der Waals surface area contributed by atoms with Crippen molar-refractivity contribution in [2.24, 2.45) is 7.05 Å². The van der Waals surface area contributed by atoms with Crippen LogP contribution in [0.15, 0.2) is 24.3 Å². The Kier molecular flexibility index (Phi) is 3.93. The Hall–Kier alpha value is -2.50. The largest absolute Gasteiger partial charge is 0.496 e. The molecule has 1 aromatic heterocycles. The maximum atomic E-state index is 12.1. The molecule has 0 unspecified atom stereocenters. The van der Waals surface area contributed by atoms with Gasteiger partial charge in [0.1, 0.15) is 18.0 Å². The maximum Gasteiger partial charge on any atom is 0.325 e. The Morgan fingerprint density at radius 1 is 1.30 bits per heavy atom. The molecule has 0 aliphatic heterocycles. The van der Waals surface area contributed by atoms with Crippen molar-refractivity contribution < 1.29 is 19.1 Å². The molecule has 0 radical (unpaired) electrons. The number of carbonyl (C=O) groups is 2. The number of rotatable bonds is 4. The van der Waals surface area contributed by atoms with Crippen molar-refractivity contribution in [3.63, 3.8) is 0 Å². The van der Waals surface area contributed by atoms with Crippen LogP contribution in [-0.2, 0) is 16.6 Å². The van der Waals surface area contributed by atoms with E-state index in [1.165, 1.54) is 7.11 Å². The summed E-state index contributed by atoms with van der Waals surface area (Å²) in [6.45, 7) is -0.159. The predicted octanol–water partition coefficient (Wildman–Crippen LogP) is 1.09. The first-order valence-electron chi connectivity index (χ1n) is 6.06. The van der Waals surface area contributed by atoms with Crippen LogP contribution < -0.4 is 10.1 Å². The van der Waals surface area contributed by atoms with Crippen molar-refractivity contribution in [3.05, 3.63) is 30.0 Å². The SMILES string of the molecule is COC(=O)CNC(=O)c1cc2c(OC)cccc2n1C. The molecule has 0 spiro atoms. The molecule has 1 amide bonds. The molecule has 0 aliphatic rings. The highest BCUT2D eigenvalue weighted by atomic mass is 16.5. The first-order valence-corrected chi connectivity index (χ1v) is 6.06. The summed E-state index contributed by atoms with van der Waals surface area (Å²) in [6.07, 6.45) is 0. The molecule has 0 saturated carbocycles. The van der Waals surface area contributed by atoms with Gasteiger partial charge in [-0.1, -0.05) is 6.07 Å². The van der Waals surface area contributed by atoms with Crippen LogP contribution in [0.5, 0.6) is 5.75 Å². The number of esters is 1. The highest BCUT2D eigenvalue weighted by molar-refractivity contribution is 6.01. The van der Waals surface area contributed by atoms with Gasteiger partial charge in [-0.3, -0.25) is 9.59 Å². The summed E-state index contributed by atoms with van der Waals surface area (Å²) >= 11 is 0. The summed E-state index contributed by atoms with van der Waals surface area (Å²) in [4.78, 5) is 23.1. The van der Waals surface area contributed by atoms with E-state index in [0.717, 1.165) is 10.9 Å². The zero-order chi connectivity index (χ0) is 14.7. The van der Waals surface area contributed by atoms with Crippen molar-refractivity contribution in [2.75, 3.05) is 20.8 Å². The van der Waals surface area contributed by atoms with E-state index < -0.39 is 5.97 Å². The standard InChI is InChI=1S/C14H16N2O4/c1-16-10-5-4-6-12(19-2)9(10)7-11(16)14(18)15-8-13(17)20-3/h4-7H,8H2,1-3H3,(H,15,18). The molecule has 0 fully saturated rings. The minimum absolute atomic E-state index is 0.159. The zero-order valence-electron chi connectivity index (χ0n) is 11.6. The maximum absolute atomic E-state index is 12.1. The Balaban J connectivity index is 2.33. The number of amides is 1. The van der Waals surface area contributed by atoms with Gasteiger partial charge in [-0.2, -0.15) is 0 Å². The number of aromatic nitrogens is 1. The topological polar surface area (TPSA) is 69.6 Å². The first kappa shape index (κ1) is 13.9. The van der Waals surface area contributed by atoms with Crippen molar-refractivity contribution in [2.45, 2.75) is 0 Å². The highest BCUT2D eigenvalue weighted by Crippen LogP contribution is 2.27. The molecule has 20 heavy (non-hydrogen) atoms. The first-order chi connectivity index (χ1) is 9.58. The van der Waals surface area contributed by atoms with E-state index in [0.29, 0.717) is 11.4 Å². The Labute approximate surface area is 116 Å². The molecule has 0 atom stereocenters. The zero-order valence-corrected chi connectivity index (χ0v) is 11.6. The molecule has 0 aliphatic carbocycles. The molecule has 0 saturated heterocycles. The van der Waals surface area contributed by atoms with Gasteiger partial charge in [0.25, 0.3) is 5.91 Å². The monoisotopic (exact) mass is 276 g/mol. The van der Waals surface area contributed by atoms with Gasteiger partial charge in [-0.25, -0.2) is 0 Å². The van der Waals surface area contributed by atoms with Crippen LogP contribution in [0.25, 0.3) is 10.9 Å². The Morgan fingerprint density at radius 3 is 2.70 bits per heavy atom. The summed E-state index contributed by atoms with van der Waals surface area (Å²) < 4.78 is 11.5. The highest BCUT2D eigenvalue weighted by Gasteiger charge is 2.16. The van der Waals surface area contributed by atoms with Crippen LogP contribution in [0.4, 0.5) is 0 Å². The second-order valence-electron chi connectivity index (χ2n) is 4.24. The van der Waals surface area contributed by atoms with Crippen molar-refractivity contribution in [3.8, 4) is 5.75 Å². The third-order valence-corrected chi connectivity index (χ3v) is 3.12. The number of hydrogen-bond donors (Lipinski definition) is 1. The average molecular weight is 276 g/mol. The number of benzene rings is 1. The molecule has 1 N–H and O–H groups in total. The van der Waals surface area contributed by atoms with Gasteiger partial charge in [0.05, 0.1) is 19.7 Å². The third kappa shape index (κ3) is 2.45. The van der Waals surface area contributed by atoms with E-state index in [1.54, 1.807) is 24.8 Å². The van der Waals surface area contributed by atoms with Crippen molar-refractivity contribution in [1.82, 2.24) is 9.88 Å². The minimum atomic E-state index is -0.491. The van der Waals surface area contributed by atoms with Crippen LogP contribution in [0.3, 0.4) is 0 Å². The predicted molar refractivity (Wildman–Crippen MR) is 73.8 cm³/mol. The number of fused-ring (bicyclic) bond motifs is 1. The van der Waals surface area contributed by atoms with Crippen LogP contribution in [0, 0.1) is 0 Å². The normalized spacial score (nSPS) is 10.3. The van der Waals surface area contributed by atoms with Gasteiger partial charge in [0.2, 0.25) is 0 Å². The summed E-state index contributed by atoms with van der Waals surface area (Å²) in [5, 5.41) is 3.36. The fraction of sp³-hybridized carbons (Fsp3) is 0.286. The summed E-state index contributed by atoms with van der Waals surface area (Å²) in [6, 6.07) is 7.32. The van der Waals surface area contributed by atoms with E-state index in [1.807, 2.05) is 18.2 Å². The lowest BCUT2D eigenvalue weighted by molar-refractivity contribution is -0.139. The fourth-order valence-corrected chi connectivity index (χ4v) is 2.04. The number of aryl methyl sites for hydroxylation is 1. The molecule has 106 valence electrons. The minimum Gasteiger partial charge on any atom is -0.496 e. The third-order valence-electron chi connectivity index (χ3n) is 3.12. The van der Waals surface area contributed by atoms with Gasteiger partial charge in [-0.15, -0.1) is 0 Å². The van der Waals surface area contributed by atoms with Gasteiger partial charge in [0, 0.05) is 12.4 Å². The van der Waals surface area contributed by atoms with E-state index in [-0.39, 0.29) is 12.5 Å². The molecule has 6 heteroatoms. The van der Waals surface area contributed by atoms with Crippen LogP contribution in [0.2, 0.25) is 0 Å². The Bertz CT molecular complexity index is 660. The number of methoxy groups -OCH3 is 2. The average Bonchev–Trinajstić information content (AvgIpc) is 2.81. The molecule has 6 nitrogen and oxygen atoms in total. The number of nitrogens with one attached hydrogen (secondary N) is 1. The van der Waals surface area contributed by atoms with Crippen molar-refractivity contribution in [1.29, 1.82) is 0 Å². The molecule has 0 bridgehead atoms. The van der Waals surface area contributed by atoms with Crippen LogP contribution >= 0.6 is 0 Å². The molecule has 2 aromatic rings. The molecular weight excluding hydrogens is 260 g/mol. The van der Waals surface area contributed by atoms with Crippen LogP contribution in [-0.4, -0.2) is 37.2 Å². The summed E-state index contributed by atoms with van der Waals surface area (Å²) in [5.74, 6) is -0.129.